The van der Waals surface area contributed by atoms with E-state index >= 15 is 0 Å². The second kappa shape index (κ2) is 17.3. The second-order valence-corrected chi connectivity index (χ2v) is 16.1. The van der Waals surface area contributed by atoms with Crippen molar-refractivity contribution in [2.45, 2.75) is 133 Å². The predicted octanol–water partition coefficient (Wildman–Crippen LogP) is 5.92. The largest absolute Gasteiger partial charge is 0.459 e. The highest BCUT2D eigenvalue weighted by Gasteiger charge is 2.41. The zero-order chi connectivity index (χ0) is 39.2. The van der Waals surface area contributed by atoms with Gasteiger partial charge in [0.1, 0.15) is 42.1 Å². The molecule has 1 heterocycles. The molecule has 0 fully saturated rings. The Labute approximate surface area is 302 Å². The minimum Gasteiger partial charge on any atom is -0.459 e. The minimum atomic E-state index is -1.19. The van der Waals surface area contributed by atoms with E-state index in [9.17, 15) is 24.0 Å². The number of aromatic nitrogens is 2. The van der Waals surface area contributed by atoms with Crippen molar-refractivity contribution < 1.29 is 38.2 Å². The lowest BCUT2D eigenvalue weighted by molar-refractivity contribution is -0.171. The van der Waals surface area contributed by atoms with E-state index in [4.69, 9.17) is 20.1 Å². The zero-order valence-electron chi connectivity index (χ0n) is 32.8. The number of hydrazine groups is 1. The van der Waals surface area contributed by atoms with Crippen molar-refractivity contribution in [1.29, 1.82) is 0 Å². The summed E-state index contributed by atoms with van der Waals surface area (Å²) in [4.78, 5) is 70.3. The molecule has 3 N–H and O–H groups in total. The Morgan fingerprint density at radius 1 is 0.863 bits per heavy atom. The van der Waals surface area contributed by atoms with Crippen molar-refractivity contribution in [2.75, 3.05) is 0 Å². The van der Waals surface area contributed by atoms with E-state index in [-0.39, 0.29) is 24.3 Å². The van der Waals surface area contributed by atoms with E-state index < -0.39 is 65.0 Å². The van der Waals surface area contributed by atoms with E-state index in [0.717, 1.165) is 21.7 Å². The van der Waals surface area contributed by atoms with Crippen molar-refractivity contribution in [3.63, 3.8) is 0 Å². The number of carbonyl (C=O) groups is 5. The summed E-state index contributed by atoms with van der Waals surface area (Å²) in [6.07, 6.45) is 2.40. The number of nitrogens with two attached hydrogens (primary N) is 1. The van der Waals surface area contributed by atoms with Gasteiger partial charge in [0.2, 0.25) is 0 Å². The number of rotatable bonds is 13. The molecule has 4 atom stereocenters. The summed E-state index contributed by atoms with van der Waals surface area (Å²) >= 11 is 0. The number of esters is 2. The molecule has 0 aliphatic rings. The van der Waals surface area contributed by atoms with Gasteiger partial charge in [0.25, 0.3) is 11.8 Å². The van der Waals surface area contributed by atoms with Gasteiger partial charge >= 0.3 is 18.0 Å². The van der Waals surface area contributed by atoms with Crippen molar-refractivity contribution in [3.05, 3.63) is 53.1 Å². The fourth-order valence-corrected chi connectivity index (χ4v) is 5.54. The number of amides is 2. The van der Waals surface area contributed by atoms with E-state index in [2.05, 4.69) is 10.3 Å². The molecule has 0 aliphatic carbocycles. The third-order valence-corrected chi connectivity index (χ3v) is 8.25. The van der Waals surface area contributed by atoms with Gasteiger partial charge < -0.3 is 19.5 Å². The molecule has 0 saturated heterocycles. The normalized spacial score (nSPS) is 14.5. The lowest BCUT2D eigenvalue weighted by atomic mass is 9.91. The lowest BCUT2D eigenvalue weighted by Crippen LogP contribution is -2.56. The fourth-order valence-electron chi connectivity index (χ4n) is 5.54. The van der Waals surface area contributed by atoms with Crippen LogP contribution in [0.25, 0.3) is 0 Å². The summed E-state index contributed by atoms with van der Waals surface area (Å²) in [7, 11) is 0. The van der Waals surface area contributed by atoms with Gasteiger partial charge in [-0.05, 0) is 82.9 Å². The first-order valence-corrected chi connectivity index (χ1v) is 17.5. The molecule has 0 spiro atoms. The Morgan fingerprint density at radius 3 is 1.96 bits per heavy atom. The molecule has 0 aliphatic heterocycles. The topological polar surface area (TPSA) is 172 Å². The summed E-state index contributed by atoms with van der Waals surface area (Å²) in [5.74, 6) is 1.27. The lowest BCUT2D eigenvalue weighted by Gasteiger charge is -2.33. The van der Waals surface area contributed by atoms with Gasteiger partial charge in [-0.3, -0.25) is 24.0 Å². The van der Waals surface area contributed by atoms with Gasteiger partial charge in [-0.25, -0.2) is 20.4 Å². The molecule has 2 rings (SSSR count). The number of imidazole rings is 1. The number of nitrogens with one attached hydrogen (secondary N) is 1. The summed E-state index contributed by atoms with van der Waals surface area (Å²) in [5.41, 5.74) is 1.60. The molecule has 4 unspecified atom stereocenters. The van der Waals surface area contributed by atoms with Crippen molar-refractivity contribution >= 4 is 29.8 Å². The zero-order valence-corrected chi connectivity index (χ0v) is 32.8. The maximum atomic E-state index is 13.5. The van der Waals surface area contributed by atoms with Gasteiger partial charge in [-0.2, -0.15) is 0 Å². The molecule has 0 saturated carbocycles. The smallest absolute Gasteiger partial charge is 0.408 e. The van der Waals surface area contributed by atoms with Gasteiger partial charge in [0.15, 0.2) is 0 Å². The van der Waals surface area contributed by atoms with E-state index in [1.54, 1.807) is 75.4 Å². The number of hydrogen-bond acceptors (Lipinski definition) is 10. The Hall–Kier alpha value is -4.26. The third kappa shape index (κ3) is 11.9. The quantitative estimate of drug-likeness (QED) is 0.0634. The van der Waals surface area contributed by atoms with Crippen LogP contribution in [0.1, 0.15) is 123 Å². The number of benzene rings is 1. The minimum absolute atomic E-state index is 0.0878. The Balaban J connectivity index is 2.24. The predicted molar refractivity (Wildman–Crippen MR) is 193 cm³/mol. The van der Waals surface area contributed by atoms with Gasteiger partial charge in [-0.1, -0.05) is 66.7 Å². The first-order chi connectivity index (χ1) is 23.4. The molecule has 284 valence electrons. The van der Waals surface area contributed by atoms with Crippen molar-refractivity contribution in [2.24, 2.45) is 29.5 Å². The van der Waals surface area contributed by atoms with Crippen LogP contribution in [0.5, 0.6) is 0 Å². The van der Waals surface area contributed by atoms with E-state index in [0.29, 0.717) is 5.69 Å². The van der Waals surface area contributed by atoms with E-state index in [1.165, 1.54) is 10.9 Å². The van der Waals surface area contributed by atoms with Crippen LogP contribution in [0, 0.1) is 30.6 Å². The Morgan fingerprint density at radius 2 is 1.45 bits per heavy atom. The van der Waals surface area contributed by atoms with Crippen molar-refractivity contribution in [3.8, 4) is 0 Å². The second-order valence-electron chi connectivity index (χ2n) is 16.1. The third-order valence-electron chi connectivity index (χ3n) is 8.25. The summed E-state index contributed by atoms with van der Waals surface area (Å²) in [5, 5.41) is 3.48. The number of ether oxygens (including phenoxy) is 3. The molecule has 13 nitrogen and oxygen atoms in total. The standard InChI is InChI=1S/C38H59N5O8/c1-21(2)29(34(46)50-37(9,10)11)32(44)43(39)31(23(5)6)35(47)49-19-26-16-15-17-27(24(26)7)25(8)28-18-42(20-40-28)33(45)30(22(3)4)41-36(48)51-38(12,13)14/h15-18,20-23,25,29-31H,19,39H2,1-14H3,(H,41,48). The summed E-state index contributed by atoms with van der Waals surface area (Å²) < 4.78 is 17.9. The molecule has 0 bridgehead atoms. The van der Waals surface area contributed by atoms with Gasteiger partial charge in [0.05, 0.1) is 5.69 Å². The van der Waals surface area contributed by atoms with Crippen LogP contribution in [-0.4, -0.2) is 67.7 Å². The molecular formula is C38H59N5O8. The number of carbonyl (C=O) groups excluding carboxylic acids is 5. The monoisotopic (exact) mass is 713 g/mol. The van der Waals surface area contributed by atoms with Crippen LogP contribution < -0.4 is 11.2 Å². The van der Waals surface area contributed by atoms with Crippen LogP contribution >= 0.6 is 0 Å². The molecular weight excluding hydrogens is 654 g/mol. The maximum Gasteiger partial charge on any atom is 0.408 e. The Bertz CT molecular complexity index is 1550. The maximum absolute atomic E-state index is 13.5. The average molecular weight is 714 g/mol. The molecule has 2 aromatic rings. The first-order valence-electron chi connectivity index (χ1n) is 17.5. The molecule has 1 aromatic heterocycles. The number of alkyl carbamates (subject to hydrolysis) is 1. The van der Waals surface area contributed by atoms with Crippen LogP contribution in [0.3, 0.4) is 0 Å². The molecule has 0 radical (unpaired) electrons. The van der Waals surface area contributed by atoms with Gasteiger partial charge in [-0.15, -0.1) is 0 Å². The molecule has 1 aromatic carbocycles. The number of nitrogens with zero attached hydrogens (tertiary/aromatic N) is 3. The summed E-state index contributed by atoms with van der Waals surface area (Å²) in [6.45, 7) is 24.7. The van der Waals surface area contributed by atoms with Crippen LogP contribution in [-0.2, 0) is 35.2 Å². The van der Waals surface area contributed by atoms with Crippen LogP contribution in [0.2, 0.25) is 0 Å². The highest BCUT2D eigenvalue weighted by atomic mass is 16.6. The molecule has 51 heavy (non-hydrogen) atoms. The Kier molecular flexibility index (Phi) is 14.6. The van der Waals surface area contributed by atoms with Crippen molar-refractivity contribution in [1.82, 2.24) is 19.9 Å². The number of hydrogen-bond donors (Lipinski definition) is 2. The SMILES string of the molecule is Cc1c(COC(=O)C(C(C)C)N(N)C(=O)C(C(=O)OC(C)(C)C)C(C)C)cccc1C(C)c1cn(C(=O)C(NC(=O)OC(C)(C)C)C(C)C)cn1. The van der Waals surface area contributed by atoms with Crippen LogP contribution in [0.15, 0.2) is 30.7 Å². The van der Waals surface area contributed by atoms with E-state index in [1.807, 2.05) is 45.9 Å². The fraction of sp³-hybridized carbons (Fsp3) is 0.632. The molecule has 2 amide bonds. The summed E-state index contributed by atoms with van der Waals surface area (Å²) in [6, 6.07) is 3.64. The first kappa shape index (κ1) is 42.9. The van der Waals surface area contributed by atoms with Gasteiger partial charge in [0, 0.05) is 12.1 Å². The highest BCUT2D eigenvalue weighted by Crippen LogP contribution is 2.29. The molecule has 13 heteroatoms. The van der Waals surface area contributed by atoms with Crippen LogP contribution in [0.4, 0.5) is 4.79 Å². The average Bonchev–Trinajstić information content (AvgIpc) is 3.47. The highest BCUT2D eigenvalue weighted by molar-refractivity contribution is 5.99.